The lowest BCUT2D eigenvalue weighted by atomic mass is 10.2. The predicted molar refractivity (Wildman–Crippen MR) is 73.2 cm³/mol. The van der Waals surface area contributed by atoms with Crippen molar-refractivity contribution in [3.63, 3.8) is 0 Å². The molecule has 1 aliphatic heterocycles. The Morgan fingerprint density at radius 3 is 2.95 bits per heavy atom. The van der Waals surface area contributed by atoms with Crippen LogP contribution >= 0.6 is 12.2 Å². The van der Waals surface area contributed by atoms with Crippen LogP contribution in [0.4, 0.5) is 0 Å². The molecule has 0 aromatic carbocycles. The smallest absolute Gasteiger partial charge is 0.328 e. The molecule has 8 nitrogen and oxygen atoms in total. The molecule has 1 saturated heterocycles. The molecule has 0 unspecified atom stereocenters. The lowest BCUT2D eigenvalue weighted by Gasteiger charge is -2.15. The zero-order chi connectivity index (χ0) is 15.6. The minimum Gasteiger partial charge on any atom is -0.469 e. The third-order valence-electron chi connectivity index (χ3n) is 3.30. The third kappa shape index (κ3) is 3.38. The molecule has 2 heterocycles. The van der Waals surface area contributed by atoms with Crippen molar-refractivity contribution in [2.75, 3.05) is 13.7 Å². The van der Waals surface area contributed by atoms with E-state index < -0.39 is 30.1 Å². The Hall–Kier alpha value is -1.55. The van der Waals surface area contributed by atoms with Crippen LogP contribution in [0.5, 0.6) is 0 Å². The van der Waals surface area contributed by atoms with E-state index in [0.717, 1.165) is 0 Å². The van der Waals surface area contributed by atoms with E-state index in [-0.39, 0.29) is 24.1 Å². The fourth-order valence-corrected chi connectivity index (χ4v) is 2.36. The second-order valence-electron chi connectivity index (χ2n) is 4.69. The normalized spacial score (nSPS) is 25.0. The molecular formula is C12H16N2O6S. The summed E-state index contributed by atoms with van der Waals surface area (Å²) < 4.78 is 11.3. The number of aromatic amines is 1. The molecule has 1 aromatic heterocycles. The number of rotatable bonds is 4. The SMILES string of the molecule is COC(=O)Cc1cn([C@H]2C[C@@H](O)[C@H](CO)O2)c(=O)[nH]c1=S. The Kier molecular flexibility index (Phi) is 4.88. The average Bonchev–Trinajstić information content (AvgIpc) is 2.82. The van der Waals surface area contributed by atoms with Gasteiger partial charge in [0.15, 0.2) is 0 Å². The highest BCUT2D eigenvalue weighted by Gasteiger charge is 2.35. The first-order valence-corrected chi connectivity index (χ1v) is 6.72. The molecule has 0 bridgehead atoms. The molecule has 0 saturated carbocycles. The van der Waals surface area contributed by atoms with E-state index in [4.69, 9.17) is 22.1 Å². The quantitative estimate of drug-likeness (QED) is 0.495. The summed E-state index contributed by atoms with van der Waals surface area (Å²) >= 11 is 5.00. The van der Waals surface area contributed by atoms with E-state index in [1.807, 2.05) is 0 Å². The number of ether oxygens (including phenoxy) is 2. The molecule has 2 rings (SSSR count). The van der Waals surface area contributed by atoms with Crippen LogP contribution in [0.1, 0.15) is 18.2 Å². The molecule has 1 fully saturated rings. The van der Waals surface area contributed by atoms with Gasteiger partial charge in [0.05, 0.1) is 26.2 Å². The number of hydrogen-bond acceptors (Lipinski definition) is 7. The monoisotopic (exact) mass is 316 g/mol. The average molecular weight is 316 g/mol. The first-order chi connectivity index (χ1) is 9.96. The first-order valence-electron chi connectivity index (χ1n) is 6.31. The Morgan fingerprint density at radius 2 is 2.38 bits per heavy atom. The van der Waals surface area contributed by atoms with Crippen LogP contribution in [0, 0.1) is 4.64 Å². The van der Waals surface area contributed by atoms with Crippen molar-refractivity contribution in [3.8, 4) is 0 Å². The fraction of sp³-hybridized carbons (Fsp3) is 0.583. The Balaban J connectivity index is 2.32. The van der Waals surface area contributed by atoms with Crippen molar-refractivity contribution < 1.29 is 24.5 Å². The van der Waals surface area contributed by atoms with E-state index in [9.17, 15) is 14.7 Å². The van der Waals surface area contributed by atoms with E-state index in [2.05, 4.69) is 9.72 Å². The number of carbonyl (C=O) groups is 1. The van der Waals surface area contributed by atoms with Gasteiger partial charge in [-0.05, 0) is 0 Å². The van der Waals surface area contributed by atoms with E-state index in [1.165, 1.54) is 17.9 Å². The Labute approximate surface area is 124 Å². The van der Waals surface area contributed by atoms with Gasteiger partial charge in [0.1, 0.15) is 17.0 Å². The summed E-state index contributed by atoms with van der Waals surface area (Å²) in [5.41, 5.74) is -0.0913. The zero-order valence-corrected chi connectivity index (χ0v) is 12.1. The molecule has 0 spiro atoms. The van der Waals surface area contributed by atoms with Crippen molar-refractivity contribution in [2.45, 2.75) is 31.3 Å². The van der Waals surface area contributed by atoms with Crippen molar-refractivity contribution in [2.24, 2.45) is 0 Å². The number of carbonyl (C=O) groups excluding carboxylic acids is 1. The molecule has 9 heteroatoms. The number of methoxy groups -OCH3 is 1. The fourth-order valence-electron chi connectivity index (χ4n) is 2.14. The van der Waals surface area contributed by atoms with Gasteiger partial charge in [-0.3, -0.25) is 14.3 Å². The molecule has 0 amide bonds. The van der Waals surface area contributed by atoms with Crippen molar-refractivity contribution >= 4 is 18.2 Å². The van der Waals surface area contributed by atoms with Gasteiger partial charge < -0.3 is 19.7 Å². The summed E-state index contributed by atoms with van der Waals surface area (Å²) in [6.07, 6.45) is -0.839. The van der Waals surface area contributed by atoms with Crippen LogP contribution in [0.2, 0.25) is 0 Å². The summed E-state index contributed by atoms with van der Waals surface area (Å²) in [6, 6.07) is 0. The molecule has 3 N–H and O–H groups in total. The lowest BCUT2D eigenvalue weighted by molar-refractivity contribution is -0.139. The van der Waals surface area contributed by atoms with Crippen LogP contribution in [0.25, 0.3) is 0 Å². The van der Waals surface area contributed by atoms with Gasteiger partial charge in [-0.1, -0.05) is 12.2 Å². The molecule has 3 atom stereocenters. The lowest BCUT2D eigenvalue weighted by Crippen LogP contribution is -2.28. The van der Waals surface area contributed by atoms with Gasteiger partial charge in [0.2, 0.25) is 0 Å². The third-order valence-corrected chi connectivity index (χ3v) is 3.66. The molecule has 0 aliphatic carbocycles. The number of hydrogen-bond donors (Lipinski definition) is 3. The number of H-pyrrole nitrogens is 1. The van der Waals surface area contributed by atoms with Crippen molar-refractivity contribution in [3.05, 3.63) is 26.9 Å². The molecule has 116 valence electrons. The highest BCUT2D eigenvalue weighted by atomic mass is 32.1. The number of esters is 1. The van der Waals surface area contributed by atoms with Crippen LogP contribution in [-0.2, 0) is 20.7 Å². The summed E-state index contributed by atoms with van der Waals surface area (Å²) in [5.74, 6) is -0.486. The molecular weight excluding hydrogens is 300 g/mol. The van der Waals surface area contributed by atoms with Crippen LogP contribution in [0.15, 0.2) is 11.0 Å². The van der Waals surface area contributed by atoms with Gasteiger partial charge in [-0.2, -0.15) is 0 Å². The number of aliphatic hydroxyl groups is 2. The van der Waals surface area contributed by atoms with Crippen molar-refractivity contribution in [1.82, 2.24) is 9.55 Å². The highest BCUT2D eigenvalue weighted by molar-refractivity contribution is 7.71. The summed E-state index contributed by atoms with van der Waals surface area (Å²) in [4.78, 5) is 25.7. The topological polar surface area (TPSA) is 114 Å². The molecule has 21 heavy (non-hydrogen) atoms. The maximum absolute atomic E-state index is 11.9. The largest absolute Gasteiger partial charge is 0.469 e. The second kappa shape index (κ2) is 6.48. The predicted octanol–water partition coefficient (Wildman–Crippen LogP) is -0.738. The van der Waals surface area contributed by atoms with Gasteiger partial charge in [-0.25, -0.2) is 4.79 Å². The number of nitrogens with zero attached hydrogens (tertiary/aromatic N) is 1. The Morgan fingerprint density at radius 1 is 1.67 bits per heavy atom. The van der Waals surface area contributed by atoms with Crippen LogP contribution in [0.3, 0.4) is 0 Å². The van der Waals surface area contributed by atoms with E-state index >= 15 is 0 Å². The molecule has 1 aromatic rings. The zero-order valence-electron chi connectivity index (χ0n) is 11.3. The van der Waals surface area contributed by atoms with Gasteiger partial charge in [0.25, 0.3) is 0 Å². The highest BCUT2D eigenvalue weighted by Crippen LogP contribution is 2.27. The van der Waals surface area contributed by atoms with Crippen LogP contribution < -0.4 is 5.69 Å². The standard InChI is InChI=1S/C12H16N2O6S/c1-19-10(17)2-6-4-14(12(18)13-11(6)21)9-3-7(16)8(5-15)20-9/h4,7-9,15-16H,2-3,5H2,1H3,(H,13,18,21)/t7-,8+,9-/m1/s1. The molecule has 1 aliphatic rings. The van der Waals surface area contributed by atoms with Gasteiger partial charge in [0, 0.05) is 18.2 Å². The summed E-state index contributed by atoms with van der Waals surface area (Å²) in [7, 11) is 1.26. The maximum atomic E-state index is 11.9. The number of aromatic nitrogens is 2. The molecule has 0 radical (unpaired) electrons. The minimum absolute atomic E-state index is 0.0786. The second-order valence-corrected chi connectivity index (χ2v) is 5.10. The van der Waals surface area contributed by atoms with E-state index in [0.29, 0.717) is 5.56 Å². The van der Waals surface area contributed by atoms with Gasteiger partial charge in [-0.15, -0.1) is 0 Å². The van der Waals surface area contributed by atoms with Crippen molar-refractivity contribution in [1.29, 1.82) is 0 Å². The number of aliphatic hydroxyl groups excluding tert-OH is 2. The first kappa shape index (κ1) is 15.8. The minimum atomic E-state index is -0.862. The van der Waals surface area contributed by atoms with Gasteiger partial charge >= 0.3 is 11.7 Å². The maximum Gasteiger partial charge on any atom is 0.328 e. The summed E-state index contributed by atoms with van der Waals surface area (Å²) in [6.45, 7) is -0.343. The Bertz CT molecular complexity index is 639. The van der Waals surface area contributed by atoms with Crippen LogP contribution in [-0.4, -0.2) is 51.7 Å². The summed E-state index contributed by atoms with van der Waals surface area (Å²) in [5, 5.41) is 18.8. The van der Waals surface area contributed by atoms with E-state index in [1.54, 1.807) is 0 Å². The number of nitrogens with one attached hydrogen (secondary N) is 1.